The molecule has 2 aromatic carbocycles. The number of carbonyl (C=O) groups excluding carboxylic acids is 1. The summed E-state index contributed by atoms with van der Waals surface area (Å²) in [5.74, 6) is 0.616. The van der Waals surface area contributed by atoms with Crippen LogP contribution in [0.15, 0.2) is 48.5 Å². The van der Waals surface area contributed by atoms with Crippen molar-refractivity contribution in [1.29, 1.82) is 0 Å². The minimum Gasteiger partial charge on any atom is -0.497 e. The maximum absolute atomic E-state index is 12.0. The van der Waals surface area contributed by atoms with Crippen LogP contribution in [0.5, 0.6) is 5.75 Å². The maximum Gasteiger partial charge on any atom is 0.248 e. The second-order valence-electron chi connectivity index (χ2n) is 5.01. The molecule has 0 unspecified atom stereocenters. The van der Waals surface area contributed by atoms with E-state index >= 15 is 0 Å². The molecule has 23 heavy (non-hydrogen) atoms. The van der Waals surface area contributed by atoms with Gasteiger partial charge in [0.15, 0.2) is 0 Å². The fourth-order valence-electron chi connectivity index (χ4n) is 2.19. The Labute approximate surface area is 138 Å². The molecule has 0 radical (unpaired) electrons. The van der Waals surface area contributed by atoms with Crippen LogP contribution in [-0.2, 0) is 4.79 Å². The fourth-order valence-corrected chi connectivity index (χ4v) is 3.00. The minimum atomic E-state index is -0.174. The van der Waals surface area contributed by atoms with Crippen molar-refractivity contribution in [2.24, 2.45) is 0 Å². The summed E-state index contributed by atoms with van der Waals surface area (Å²) in [6.07, 6.45) is 3.28. The lowest BCUT2D eigenvalue weighted by molar-refractivity contribution is -0.111. The number of hydrogen-bond donors (Lipinski definition) is 1. The molecule has 0 bridgehead atoms. The van der Waals surface area contributed by atoms with Crippen LogP contribution in [-0.4, -0.2) is 18.0 Å². The highest BCUT2D eigenvalue weighted by atomic mass is 32.1. The van der Waals surface area contributed by atoms with E-state index in [1.807, 2.05) is 49.4 Å². The number of carbonyl (C=O) groups is 1. The average Bonchev–Trinajstić information content (AvgIpc) is 2.92. The van der Waals surface area contributed by atoms with E-state index < -0.39 is 0 Å². The molecule has 0 aliphatic heterocycles. The van der Waals surface area contributed by atoms with Gasteiger partial charge in [-0.15, -0.1) is 11.3 Å². The Balaban J connectivity index is 1.68. The molecule has 0 saturated heterocycles. The molecule has 5 heteroatoms. The normalized spacial score (nSPS) is 11.0. The number of aryl methyl sites for hydroxylation is 1. The van der Waals surface area contributed by atoms with Crippen LogP contribution >= 0.6 is 11.3 Å². The minimum absolute atomic E-state index is 0.174. The number of fused-ring (bicyclic) bond motifs is 1. The van der Waals surface area contributed by atoms with Crippen molar-refractivity contribution in [2.75, 3.05) is 12.4 Å². The highest BCUT2D eigenvalue weighted by Crippen LogP contribution is 2.24. The van der Waals surface area contributed by atoms with Crippen molar-refractivity contribution in [2.45, 2.75) is 6.92 Å². The highest BCUT2D eigenvalue weighted by molar-refractivity contribution is 7.18. The van der Waals surface area contributed by atoms with Gasteiger partial charge in [-0.2, -0.15) is 0 Å². The first-order valence-corrected chi connectivity index (χ1v) is 7.96. The first kappa shape index (κ1) is 15.2. The Morgan fingerprint density at radius 3 is 2.74 bits per heavy atom. The Kier molecular flexibility index (Phi) is 4.39. The van der Waals surface area contributed by atoms with Gasteiger partial charge in [0.05, 0.1) is 22.3 Å². The molecule has 3 aromatic rings. The SMILES string of the molecule is COc1ccc(/C=C/C(=O)Nc2ccc3sc(C)nc3c2)cc1. The summed E-state index contributed by atoms with van der Waals surface area (Å²) in [4.78, 5) is 16.4. The monoisotopic (exact) mass is 324 g/mol. The zero-order valence-electron chi connectivity index (χ0n) is 12.9. The molecule has 0 fully saturated rings. The number of methoxy groups -OCH3 is 1. The van der Waals surface area contributed by atoms with Gasteiger partial charge in [0.25, 0.3) is 0 Å². The van der Waals surface area contributed by atoms with E-state index in [2.05, 4.69) is 10.3 Å². The molecule has 0 aliphatic rings. The van der Waals surface area contributed by atoms with Gasteiger partial charge in [-0.05, 0) is 48.9 Å². The summed E-state index contributed by atoms with van der Waals surface area (Å²) in [6.45, 7) is 1.97. The number of rotatable bonds is 4. The molecule has 1 N–H and O–H groups in total. The number of amides is 1. The standard InChI is InChI=1S/C18H16N2O2S/c1-12-19-16-11-14(6-9-17(16)23-12)20-18(21)10-5-13-3-7-15(22-2)8-4-13/h3-11H,1-2H3,(H,20,21)/b10-5+. The number of nitrogens with one attached hydrogen (secondary N) is 1. The summed E-state index contributed by atoms with van der Waals surface area (Å²) < 4.78 is 6.22. The molecular weight excluding hydrogens is 308 g/mol. The lowest BCUT2D eigenvalue weighted by atomic mass is 10.2. The summed E-state index contributed by atoms with van der Waals surface area (Å²) in [7, 11) is 1.62. The molecule has 1 aromatic heterocycles. The third-order valence-electron chi connectivity index (χ3n) is 3.30. The first-order valence-electron chi connectivity index (χ1n) is 7.14. The van der Waals surface area contributed by atoms with Gasteiger partial charge in [-0.1, -0.05) is 12.1 Å². The number of nitrogens with zero attached hydrogens (tertiary/aromatic N) is 1. The highest BCUT2D eigenvalue weighted by Gasteiger charge is 2.03. The lowest BCUT2D eigenvalue weighted by Gasteiger charge is -2.02. The van der Waals surface area contributed by atoms with E-state index in [0.717, 1.165) is 32.2 Å². The molecule has 0 saturated carbocycles. The maximum atomic E-state index is 12.0. The van der Waals surface area contributed by atoms with Crippen molar-refractivity contribution < 1.29 is 9.53 Å². The third-order valence-corrected chi connectivity index (χ3v) is 4.26. The number of ether oxygens (including phenoxy) is 1. The van der Waals surface area contributed by atoms with Crippen molar-refractivity contribution in [3.63, 3.8) is 0 Å². The van der Waals surface area contributed by atoms with Crippen LogP contribution < -0.4 is 10.1 Å². The quantitative estimate of drug-likeness (QED) is 0.729. The molecule has 0 atom stereocenters. The molecule has 1 heterocycles. The van der Waals surface area contributed by atoms with E-state index in [1.54, 1.807) is 24.5 Å². The van der Waals surface area contributed by atoms with E-state index in [0.29, 0.717) is 0 Å². The number of hydrogen-bond acceptors (Lipinski definition) is 4. The van der Waals surface area contributed by atoms with Crippen LogP contribution in [0, 0.1) is 6.92 Å². The first-order chi connectivity index (χ1) is 11.1. The summed E-state index contributed by atoms with van der Waals surface area (Å²) in [5, 5.41) is 3.87. The molecule has 3 rings (SSSR count). The van der Waals surface area contributed by atoms with Crippen LogP contribution in [0.1, 0.15) is 10.6 Å². The van der Waals surface area contributed by atoms with Gasteiger partial charge in [0, 0.05) is 11.8 Å². The molecule has 4 nitrogen and oxygen atoms in total. The largest absolute Gasteiger partial charge is 0.497 e. The second kappa shape index (κ2) is 6.62. The Morgan fingerprint density at radius 1 is 1.22 bits per heavy atom. The number of benzene rings is 2. The molecular formula is C18H16N2O2S. The number of anilines is 1. The van der Waals surface area contributed by atoms with Crippen molar-refractivity contribution in [3.05, 3.63) is 59.1 Å². The Hall–Kier alpha value is -2.66. The van der Waals surface area contributed by atoms with Crippen molar-refractivity contribution >= 4 is 39.2 Å². The summed E-state index contributed by atoms with van der Waals surface area (Å²) in [6, 6.07) is 13.3. The predicted octanol–water partition coefficient (Wildman–Crippen LogP) is 4.27. The smallest absolute Gasteiger partial charge is 0.248 e. The molecule has 1 amide bonds. The van der Waals surface area contributed by atoms with Gasteiger partial charge in [0.2, 0.25) is 5.91 Å². The third kappa shape index (κ3) is 3.76. The van der Waals surface area contributed by atoms with E-state index in [1.165, 1.54) is 6.08 Å². The molecule has 0 aliphatic carbocycles. The Morgan fingerprint density at radius 2 is 2.00 bits per heavy atom. The van der Waals surface area contributed by atoms with Crippen molar-refractivity contribution in [3.8, 4) is 5.75 Å². The van der Waals surface area contributed by atoms with Crippen LogP contribution in [0.2, 0.25) is 0 Å². The summed E-state index contributed by atoms with van der Waals surface area (Å²) in [5.41, 5.74) is 2.59. The predicted molar refractivity (Wildman–Crippen MR) is 95.0 cm³/mol. The van der Waals surface area contributed by atoms with Crippen LogP contribution in [0.3, 0.4) is 0 Å². The van der Waals surface area contributed by atoms with Gasteiger partial charge >= 0.3 is 0 Å². The Bertz CT molecular complexity index is 866. The number of aromatic nitrogens is 1. The average molecular weight is 324 g/mol. The van der Waals surface area contributed by atoms with Gasteiger partial charge in [-0.25, -0.2) is 4.98 Å². The van der Waals surface area contributed by atoms with E-state index in [-0.39, 0.29) is 5.91 Å². The zero-order valence-corrected chi connectivity index (χ0v) is 13.7. The van der Waals surface area contributed by atoms with E-state index in [9.17, 15) is 4.79 Å². The fraction of sp³-hybridized carbons (Fsp3) is 0.111. The van der Waals surface area contributed by atoms with Gasteiger partial charge < -0.3 is 10.1 Å². The van der Waals surface area contributed by atoms with Crippen LogP contribution in [0.25, 0.3) is 16.3 Å². The van der Waals surface area contributed by atoms with Gasteiger partial charge in [-0.3, -0.25) is 4.79 Å². The van der Waals surface area contributed by atoms with Crippen LogP contribution in [0.4, 0.5) is 5.69 Å². The second-order valence-corrected chi connectivity index (χ2v) is 6.25. The zero-order chi connectivity index (χ0) is 16.2. The topological polar surface area (TPSA) is 51.2 Å². The molecule has 116 valence electrons. The lowest BCUT2D eigenvalue weighted by Crippen LogP contribution is -2.07. The summed E-state index contributed by atoms with van der Waals surface area (Å²) >= 11 is 1.64. The van der Waals surface area contributed by atoms with Gasteiger partial charge in [0.1, 0.15) is 5.75 Å². The molecule has 0 spiro atoms. The van der Waals surface area contributed by atoms with Crippen molar-refractivity contribution in [1.82, 2.24) is 4.98 Å². The number of thiazole rings is 1. The van der Waals surface area contributed by atoms with E-state index in [4.69, 9.17) is 4.74 Å².